The minimum Gasteiger partial charge on any atom is -0.475 e. The molecule has 1 aromatic carbocycles. The number of pyridine rings is 1. The van der Waals surface area contributed by atoms with Gasteiger partial charge < -0.3 is 19.9 Å². The van der Waals surface area contributed by atoms with E-state index in [9.17, 15) is 0 Å². The first-order chi connectivity index (χ1) is 14.2. The zero-order valence-corrected chi connectivity index (χ0v) is 18.2. The van der Waals surface area contributed by atoms with Gasteiger partial charge in [-0.25, -0.2) is 15.0 Å². The van der Waals surface area contributed by atoms with Crippen LogP contribution in [0.4, 0.5) is 5.95 Å². The molecule has 3 aromatic rings. The summed E-state index contributed by atoms with van der Waals surface area (Å²) in [6.45, 7) is 5.50. The Morgan fingerprint density at radius 3 is 2.83 bits per heavy atom. The molecule has 5 rings (SSSR count). The number of nitrogens with one attached hydrogen (secondary N) is 1. The van der Waals surface area contributed by atoms with Crippen molar-refractivity contribution < 1.29 is 4.74 Å². The van der Waals surface area contributed by atoms with Crippen molar-refractivity contribution in [1.29, 1.82) is 0 Å². The fourth-order valence-corrected chi connectivity index (χ4v) is 4.54. The minimum absolute atomic E-state index is 0.436. The van der Waals surface area contributed by atoms with Gasteiger partial charge in [0.1, 0.15) is 6.61 Å². The van der Waals surface area contributed by atoms with Crippen LogP contribution in [0.1, 0.15) is 12.8 Å². The summed E-state index contributed by atoms with van der Waals surface area (Å²) in [5.74, 6) is 1.40. The Morgan fingerprint density at radius 1 is 1.17 bits per heavy atom. The summed E-state index contributed by atoms with van der Waals surface area (Å²) in [5.41, 5.74) is 1.78. The maximum atomic E-state index is 6.24. The second kappa shape index (κ2) is 8.01. The monoisotopic (exact) mass is 456 g/mol. The van der Waals surface area contributed by atoms with Gasteiger partial charge in [-0.05, 0) is 44.6 Å². The topological polar surface area (TPSA) is 66.4 Å². The van der Waals surface area contributed by atoms with E-state index >= 15 is 0 Å². The van der Waals surface area contributed by atoms with Gasteiger partial charge in [-0.2, -0.15) is 0 Å². The van der Waals surface area contributed by atoms with Crippen molar-refractivity contribution in [1.82, 2.24) is 25.2 Å². The normalized spacial score (nSPS) is 20.6. The third-order valence-corrected chi connectivity index (χ3v) is 6.42. The van der Waals surface area contributed by atoms with Gasteiger partial charge in [-0.1, -0.05) is 15.9 Å². The lowest BCUT2D eigenvalue weighted by atomic mass is 10.1. The maximum Gasteiger partial charge on any atom is 0.225 e. The highest BCUT2D eigenvalue weighted by Gasteiger charge is 2.23. The summed E-state index contributed by atoms with van der Waals surface area (Å²) in [6, 6.07) is 6.56. The molecule has 1 unspecified atom stereocenters. The Hall–Kier alpha value is -2.03. The van der Waals surface area contributed by atoms with E-state index < -0.39 is 0 Å². The number of halogens is 1. The quantitative estimate of drug-likeness (QED) is 0.605. The molecule has 0 radical (unpaired) electrons. The highest BCUT2D eigenvalue weighted by molar-refractivity contribution is 9.10. The standard InChI is InChI=1S/C21H25BrN6O/c1-27-8-2-3-15(27)13-29-20-17-12-24-21(28-9-6-23-7-10-28)26-19(17)16-5-4-14(22)11-18(16)25-20/h4-5,11-12,15,23H,2-3,6-10,13H2,1H3. The minimum atomic E-state index is 0.436. The molecule has 4 heterocycles. The van der Waals surface area contributed by atoms with Crippen LogP contribution >= 0.6 is 15.9 Å². The molecule has 0 aliphatic carbocycles. The van der Waals surface area contributed by atoms with E-state index in [1.165, 1.54) is 6.42 Å². The van der Waals surface area contributed by atoms with Gasteiger partial charge >= 0.3 is 0 Å². The molecule has 1 N–H and O–H groups in total. The second-order valence-electron chi connectivity index (χ2n) is 7.84. The van der Waals surface area contributed by atoms with E-state index in [2.05, 4.69) is 49.1 Å². The van der Waals surface area contributed by atoms with Crippen molar-refractivity contribution in [2.24, 2.45) is 0 Å². The summed E-state index contributed by atoms with van der Waals surface area (Å²) in [6.07, 6.45) is 4.26. The number of hydrogen-bond donors (Lipinski definition) is 1. The average molecular weight is 457 g/mol. The van der Waals surface area contributed by atoms with E-state index in [0.29, 0.717) is 18.5 Å². The zero-order chi connectivity index (χ0) is 19.8. The third kappa shape index (κ3) is 3.76. The van der Waals surface area contributed by atoms with E-state index in [1.54, 1.807) is 0 Å². The molecule has 0 saturated carbocycles. The molecule has 152 valence electrons. The van der Waals surface area contributed by atoms with E-state index in [4.69, 9.17) is 14.7 Å². The Balaban J connectivity index is 1.57. The molecule has 2 saturated heterocycles. The first kappa shape index (κ1) is 19.0. The summed E-state index contributed by atoms with van der Waals surface area (Å²) in [5, 5.41) is 5.27. The van der Waals surface area contributed by atoms with Crippen LogP contribution in [0, 0.1) is 0 Å². The molecule has 0 spiro atoms. The molecule has 2 aromatic heterocycles. The number of piperazine rings is 1. The number of aromatic nitrogens is 3. The molecule has 29 heavy (non-hydrogen) atoms. The molecular weight excluding hydrogens is 432 g/mol. The molecule has 0 amide bonds. The number of benzene rings is 1. The molecule has 8 heteroatoms. The molecule has 7 nitrogen and oxygen atoms in total. The number of nitrogens with zero attached hydrogens (tertiary/aromatic N) is 5. The summed E-state index contributed by atoms with van der Waals surface area (Å²) in [7, 11) is 2.16. The number of hydrogen-bond acceptors (Lipinski definition) is 7. The lowest BCUT2D eigenvalue weighted by Gasteiger charge is -2.27. The van der Waals surface area contributed by atoms with Crippen LogP contribution in [0.3, 0.4) is 0 Å². The van der Waals surface area contributed by atoms with Gasteiger partial charge in [0.15, 0.2) is 0 Å². The van der Waals surface area contributed by atoms with Crippen LogP contribution in [-0.4, -0.2) is 72.3 Å². The number of anilines is 1. The van der Waals surface area contributed by atoms with E-state index in [-0.39, 0.29) is 0 Å². The number of likely N-dealkylation sites (tertiary alicyclic amines) is 1. The highest BCUT2D eigenvalue weighted by atomic mass is 79.9. The van der Waals surface area contributed by atoms with Crippen molar-refractivity contribution >= 4 is 43.7 Å². The van der Waals surface area contributed by atoms with Gasteiger partial charge in [-0.15, -0.1) is 0 Å². The van der Waals surface area contributed by atoms with Crippen LogP contribution in [-0.2, 0) is 0 Å². The van der Waals surface area contributed by atoms with Crippen LogP contribution in [0.2, 0.25) is 0 Å². The SMILES string of the molecule is CN1CCCC1COc1nc2cc(Br)ccc2c2nc(N3CCNCC3)ncc12. The van der Waals surface area contributed by atoms with Crippen LogP contribution in [0.15, 0.2) is 28.9 Å². The third-order valence-electron chi connectivity index (χ3n) is 5.93. The largest absolute Gasteiger partial charge is 0.475 e. The molecule has 2 fully saturated rings. The van der Waals surface area contributed by atoms with Gasteiger partial charge in [0.2, 0.25) is 11.8 Å². The average Bonchev–Trinajstić information content (AvgIpc) is 3.16. The first-order valence-corrected chi connectivity index (χ1v) is 11.0. The van der Waals surface area contributed by atoms with Crippen molar-refractivity contribution in [3.05, 3.63) is 28.9 Å². The number of rotatable bonds is 4. The summed E-state index contributed by atoms with van der Waals surface area (Å²) in [4.78, 5) is 19.0. The van der Waals surface area contributed by atoms with Gasteiger partial charge in [0, 0.05) is 48.3 Å². The molecule has 2 aliphatic heterocycles. The number of ether oxygens (including phenoxy) is 1. The Bertz CT molecular complexity index is 1040. The number of likely N-dealkylation sites (N-methyl/N-ethyl adjacent to an activating group) is 1. The van der Waals surface area contributed by atoms with Crippen LogP contribution < -0.4 is 15.0 Å². The molecule has 2 aliphatic rings. The Morgan fingerprint density at radius 2 is 2.03 bits per heavy atom. The van der Waals surface area contributed by atoms with E-state index in [0.717, 1.165) is 71.4 Å². The maximum absolute atomic E-state index is 6.24. The molecule has 1 atom stereocenters. The number of fused-ring (bicyclic) bond motifs is 3. The van der Waals surface area contributed by atoms with Gasteiger partial charge in [-0.3, -0.25) is 0 Å². The van der Waals surface area contributed by atoms with Crippen molar-refractivity contribution in [2.75, 3.05) is 51.3 Å². The second-order valence-corrected chi connectivity index (χ2v) is 8.75. The lowest BCUT2D eigenvalue weighted by Crippen LogP contribution is -2.44. The Kier molecular flexibility index (Phi) is 5.24. The predicted octanol–water partition coefficient (Wildman–Crippen LogP) is 2.82. The summed E-state index contributed by atoms with van der Waals surface area (Å²) < 4.78 is 7.23. The summed E-state index contributed by atoms with van der Waals surface area (Å²) >= 11 is 3.56. The fraction of sp³-hybridized carbons (Fsp3) is 0.476. The van der Waals surface area contributed by atoms with Crippen molar-refractivity contribution in [3.63, 3.8) is 0 Å². The lowest BCUT2D eigenvalue weighted by molar-refractivity contribution is 0.195. The fourth-order valence-electron chi connectivity index (χ4n) is 4.19. The highest BCUT2D eigenvalue weighted by Crippen LogP contribution is 2.32. The predicted molar refractivity (Wildman–Crippen MR) is 119 cm³/mol. The van der Waals surface area contributed by atoms with Crippen molar-refractivity contribution in [3.8, 4) is 5.88 Å². The smallest absolute Gasteiger partial charge is 0.225 e. The Labute approximate surface area is 178 Å². The van der Waals surface area contributed by atoms with Crippen LogP contribution in [0.5, 0.6) is 5.88 Å². The van der Waals surface area contributed by atoms with E-state index in [1.807, 2.05) is 18.3 Å². The molecular formula is C21H25BrN6O. The molecule has 0 bridgehead atoms. The zero-order valence-electron chi connectivity index (χ0n) is 16.6. The van der Waals surface area contributed by atoms with Crippen molar-refractivity contribution in [2.45, 2.75) is 18.9 Å². The van der Waals surface area contributed by atoms with Gasteiger partial charge in [0.25, 0.3) is 0 Å². The van der Waals surface area contributed by atoms with Crippen LogP contribution in [0.25, 0.3) is 21.8 Å². The van der Waals surface area contributed by atoms with Gasteiger partial charge in [0.05, 0.1) is 16.4 Å². The first-order valence-electron chi connectivity index (χ1n) is 10.2.